The predicted octanol–water partition coefficient (Wildman–Crippen LogP) is 3.94. The van der Waals surface area contributed by atoms with Crippen LogP contribution in [0.3, 0.4) is 0 Å². The summed E-state index contributed by atoms with van der Waals surface area (Å²) in [6.07, 6.45) is 1.13. The third-order valence-electron chi connectivity index (χ3n) is 3.99. The van der Waals surface area contributed by atoms with Crippen molar-refractivity contribution in [1.29, 1.82) is 0 Å². The first-order valence-corrected chi connectivity index (χ1v) is 8.02. The summed E-state index contributed by atoms with van der Waals surface area (Å²) in [7, 11) is 0. The lowest BCUT2D eigenvalue weighted by molar-refractivity contribution is 0.117. The van der Waals surface area contributed by atoms with Crippen LogP contribution in [0, 0.1) is 0 Å². The zero-order valence-electron chi connectivity index (χ0n) is 12.4. The quantitative estimate of drug-likeness (QED) is 0.911. The summed E-state index contributed by atoms with van der Waals surface area (Å²) < 4.78 is 0. The van der Waals surface area contributed by atoms with Crippen LogP contribution in [0.1, 0.15) is 20.3 Å². The number of nitrogens with zero attached hydrogens (tertiary/aromatic N) is 2. The van der Waals surface area contributed by atoms with Crippen LogP contribution in [0.15, 0.2) is 18.2 Å². The van der Waals surface area contributed by atoms with Gasteiger partial charge in [-0.05, 0) is 31.5 Å². The Morgan fingerprint density at radius 2 is 1.95 bits per heavy atom. The lowest BCUT2D eigenvalue weighted by Gasteiger charge is -2.37. The average molecular weight is 330 g/mol. The number of hydrogen-bond acceptors (Lipinski definition) is 2. The van der Waals surface area contributed by atoms with Gasteiger partial charge in [0.15, 0.2) is 0 Å². The molecule has 0 aliphatic carbocycles. The van der Waals surface area contributed by atoms with Crippen molar-refractivity contribution >= 4 is 34.9 Å². The number of nitrogens with one attached hydrogen (secondary N) is 1. The number of piperazine rings is 1. The molecule has 1 unspecified atom stereocenters. The van der Waals surface area contributed by atoms with E-state index >= 15 is 0 Å². The van der Waals surface area contributed by atoms with Crippen LogP contribution >= 0.6 is 23.2 Å². The zero-order chi connectivity index (χ0) is 15.4. The van der Waals surface area contributed by atoms with Gasteiger partial charge in [-0.1, -0.05) is 30.1 Å². The summed E-state index contributed by atoms with van der Waals surface area (Å²) >= 11 is 12.0. The molecule has 116 valence electrons. The molecule has 1 atom stereocenters. The predicted molar refractivity (Wildman–Crippen MR) is 88.4 cm³/mol. The van der Waals surface area contributed by atoms with E-state index in [4.69, 9.17) is 23.2 Å². The maximum Gasteiger partial charge on any atom is 0.321 e. The Bertz CT molecular complexity index is 502. The summed E-state index contributed by atoms with van der Waals surface area (Å²) in [5, 5.41) is 3.87. The molecule has 2 amide bonds. The third-order valence-corrected chi connectivity index (χ3v) is 4.55. The minimum Gasteiger partial charge on any atom is -0.322 e. The highest BCUT2D eigenvalue weighted by atomic mass is 35.5. The van der Waals surface area contributed by atoms with Gasteiger partial charge in [-0.3, -0.25) is 4.90 Å². The molecule has 1 fully saturated rings. The van der Waals surface area contributed by atoms with Crippen LogP contribution in [-0.4, -0.2) is 48.1 Å². The molecular formula is C15H21Cl2N3O. The molecule has 0 bridgehead atoms. The van der Waals surface area contributed by atoms with Crippen molar-refractivity contribution in [2.24, 2.45) is 0 Å². The zero-order valence-corrected chi connectivity index (χ0v) is 13.9. The molecule has 1 aliphatic heterocycles. The number of carbonyl (C=O) groups is 1. The van der Waals surface area contributed by atoms with E-state index in [1.807, 2.05) is 4.90 Å². The number of halogens is 2. The fraction of sp³-hybridized carbons (Fsp3) is 0.533. The SMILES string of the molecule is CCC(C)N1CCN(C(=O)Nc2cc(Cl)ccc2Cl)CC1. The first-order chi connectivity index (χ1) is 10.0. The lowest BCUT2D eigenvalue weighted by Crippen LogP contribution is -2.52. The summed E-state index contributed by atoms with van der Waals surface area (Å²) in [6.45, 7) is 7.69. The summed E-state index contributed by atoms with van der Waals surface area (Å²) in [6, 6.07) is 5.49. The molecule has 21 heavy (non-hydrogen) atoms. The summed E-state index contributed by atoms with van der Waals surface area (Å²) in [4.78, 5) is 16.5. The Morgan fingerprint density at radius 1 is 1.29 bits per heavy atom. The Hall–Kier alpha value is -0.970. The average Bonchev–Trinajstić information content (AvgIpc) is 2.50. The van der Waals surface area contributed by atoms with Gasteiger partial charge < -0.3 is 10.2 Å². The molecule has 0 spiro atoms. The molecule has 1 saturated heterocycles. The largest absolute Gasteiger partial charge is 0.322 e. The van der Waals surface area contributed by atoms with E-state index in [2.05, 4.69) is 24.1 Å². The molecule has 1 heterocycles. The molecule has 1 N–H and O–H groups in total. The monoisotopic (exact) mass is 329 g/mol. The van der Waals surface area contributed by atoms with Crippen molar-refractivity contribution in [3.05, 3.63) is 28.2 Å². The molecule has 0 radical (unpaired) electrons. The van der Waals surface area contributed by atoms with Gasteiger partial charge in [0.2, 0.25) is 0 Å². The van der Waals surface area contributed by atoms with E-state index < -0.39 is 0 Å². The second-order valence-corrected chi connectivity index (χ2v) is 6.18. The molecule has 1 aromatic rings. The van der Waals surface area contributed by atoms with E-state index in [1.54, 1.807) is 18.2 Å². The molecule has 2 rings (SSSR count). The first kappa shape index (κ1) is 16.4. The normalized spacial score (nSPS) is 17.6. The lowest BCUT2D eigenvalue weighted by atomic mass is 10.2. The van der Waals surface area contributed by atoms with Gasteiger partial charge in [-0.25, -0.2) is 4.79 Å². The van der Waals surface area contributed by atoms with Crippen LogP contribution in [0.5, 0.6) is 0 Å². The number of hydrogen-bond donors (Lipinski definition) is 1. The van der Waals surface area contributed by atoms with E-state index in [0.29, 0.717) is 21.8 Å². The van der Waals surface area contributed by atoms with Crippen molar-refractivity contribution in [3.8, 4) is 0 Å². The van der Waals surface area contributed by atoms with Gasteiger partial charge in [-0.2, -0.15) is 0 Å². The van der Waals surface area contributed by atoms with Crippen LogP contribution in [0.2, 0.25) is 10.0 Å². The second kappa shape index (κ2) is 7.34. The van der Waals surface area contributed by atoms with Gasteiger partial charge in [0.1, 0.15) is 0 Å². The number of anilines is 1. The third kappa shape index (κ3) is 4.25. The Balaban J connectivity index is 1.92. The molecule has 4 nitrogen and oxygen atoms in total. The minimum absolute atomic E-state index is 0.122. The van der Waals surface area contributed by atoms with Crippen molar-refractivity contribution in [2.75, 3.05) is 31.5 Å². The van der Waals surface area contributed by atoms with Gasteiger partial charge in [0, 0.05) is 37.2 Å². The van der Waals surface area contributed by atoms with Crippen molar-refractivity contribution in [1.82, 2.24) is 9.80 Å². The highest BCUT2D eigenvalue weighted by Gasteiger charge is 2.23. The smallest absolute Gasteiger partial charge is 0.321 e. The molecule has 6 heteroatoms. The van der Waals surface area contributed by atoms with Gasteiger partial charge in [0.05, 0.1) is 10.7 Å². The van der Waals surface area contributed by atoms with Gasteiger partial charge >= 0.3 is 6.03 Å². The van der Waals surface area contributed by atoms with Crippen LogP contribution in [0.25, 0.3) is 0 Å². The maximum absolute atomic E-state index is 12.3. The fourth-order valence-electron chi connectivity index (χ4n) is 2.41. The minimum atomic E-state index is -0.122. The van der Waals surface area contributed by atoms with Crippen LogP contribution in [0.4, 0.5) is 10.5 Å². The summed E-state index contributed by atoms with van der Waals surface area (Å²) in [5.41, 5.74) is 0.554. The maximum atomic E-state index is 12.3. The first-order valence-electron chi connectivity index (χ1n) is 7.26. The standard InChI is InChI=1S/C15H21Cl2N3O/c1-3-11(2)19-6-8-20(9-7-19)15(21)18-14-10-12(16)4-5-13(14)17/h4-5,10-11H,3,6-9H2,1-2H3,(H,18,21). The van der Waals surface area contributed by atoms with Crippen LogP contribution < -0.4 is 5.32 Å². The molecule has 1 aliphatic rings. The number of rotatable bonds is 3. The second-order valence-electron chi connectivity index (χ2n) is 5.33. The Labute approximate surface area is 136 Å². The van der Waals surface area contributed by atoms with Crippen LogP contribution in [-0.2, 0) is 0 Å². The van der Waals surface area contributed by atoms with E-state index in [-0.39, 0.29) is 6.03 Å². The summed E-state index contributed by atoms with van der Waals surface area (Å²) in [5.74, 6) is 0. The molecular weight excluding hydrogens is 309 g/mol. The van der Waals surface area contributed by atoms with E-state index in [9.17, 15) is 4.79 Å². The number of benzene rings is 1. The highest BCUT2D eigenvalue weighted by molar-refractivity contribution is 6.35. The van der Waals surface area contributed by atoms with Crippen molar-refractivity contribution in [2.45, 2.75) is 26.3 Å². The Morgan fingerprint density at radius 3 is 2.57 bits per heavy atom. The van der Waals surface area contributed by atoms with E-state index in [0.717, 1.165) is 32.6 Å². The number of amides is 2. The Kier molecular flexibility index (Phi) is 5.73. The van der Waals surface area contributed by atoms with Crippen molar-refractivity contribution in [3.63, 3.8) is 0 Å². The molecule has 0 aromatic heterocycles. The van der Waals surface area contributed by atoms with Gasteiger partial charge in [0.25, 0.3) is 0 Å². The topological polar surface area (TPSA) is 35.6 Å². The number of carbonyl (C=O) groups excluding carboxylic acids is 1. The fourth-order valence-corrected chi connectivity index (χ4v) is 2.75. The highest BCUT2D eigenvalue weighted by Crippen LogP contribution is 2.25. The molecule has 0 saturated carbocycles. The van der Waals surface area contributed by atoms with Gasteiger partial charge in [-0.15, -0.1) is 0 Å². The van der Waals surface area contributed by atoms with Crippen molar-refractivity contribution < 1.29 is 4.79 Å². The molecule has 1 aromatic carbocycles. The van der Waals surface area contributed by atoms with E-state index in [1.165, 1.54) is 0 Å². The number of urea groups is 1.